The molecule has 1 unspecified atom stereocenters. The van der Waals surface area contributed by atoms with Gasteiger partial charge in [-0.25, -0.2) is 0 Å². The number of benzene rings is 1. The van der Waals surface area contributed by atoms with E-state index < -0.39 is 0 Å². The van der Waals surface area contributed by atoms with Crippen LogP contribution in [-0.4, -0.2) is 22.2 Å². The molecule has 4 nitrogen and oxygen atoms in total. The van der Waals surface area contributed by atoms with E-state index >= 15 is 0 Å². The van der Waals surface area contributed by atoms with Gasteiger partial charge in [-0.15, -0.1) is 0 Å². The summed E-state index contributed by atoms with van der Waals surface area (Å²) in [5.41, 5.74) is 4.66. The van der Waals surface area contributed by atoms with Crippen LogP contribution in [0.25, 0.3) is 0 Å². The highest BCUT2D eigenvalue weighted by molar-refractivity contribution is 5.76. The van der Waals surface area contributed by atoms with Crippen molar-refractivity contribution in [3.05, 3.63) is 52.8 Å². The van der Waals surface area contributed by atoms with E-state index in [1.54, 1.807) is 0 Å². The van der Waals surface area contributed by atoms with Crippen LogP contribution in [0.15, 0.2) is 30.3 Å². The molecule has 1 heterocycles. The third-order valence-electron chi connectivity index (χ3n) is 4.22. The lowest BCUT2D eigenvalue weighted by Crippen LogP contribution is -2.27. The fraction of sp³-hybridized carbons (Fsp3) is 0.444. The average Bonchev–Trinajstić information content (AvgIpc) is 2.74. The summed E-state index contributed by atoms with van der Waals surface area (Å²) in [6.07, 6.45) is 1.35. The Hall–Kier alpha value is -2.10. The molecule has 1 aromatic carbocycles. The van der Waals surface area contributed by atoms with E-state index in [9.17, 15) is 4.79 Å². The molecule has 0 saturated heterocycles. The van der Waals surface area contributed by atoms with Gasteiger partial charge in [-0.1, -0.05) is 37.3 Å². The Balaban J connectivity index is 1.81. The average molecular weight is 299 g/mol. The normalized spacial score (nSPS) is 12.2. The maximum absolute atomic E-state index is 12.1. The van der Waals surface area contributed by atoms with Crippen molar-refractivity contribution in [2.45, 2.75) is 39.5 Å². The molecule has 0 saturated carbocycles. The second-order valence-electron chi connectivity index (χ2n) is 5.89. The summed E-state index contributed by atoms with van der Waals surface area (Å²) in [5.74, 6) is 0.346. The SMILES string of the molecule is Cc1nn(C)c(C)c1CCNC(=O)CC(C)c1ccccc1. The summed E-state index contributed by atoms with van der Waals surface area (Å²) < 4.78 is 1.89. The van der Waals surface area contributed by atoms with Gasteiger partial charge in [-0.2, -0.15) is 5.10 Å². The standard InChI is InChI=1S/C18H25N3O/c1-13(16-8-6-5-7-9-16)12-18(22)19-11-10-17-14(2)20-21(4)15(17)3/h5-9,13H,10-12H2,1-4H3,(H,19,22). The molecule has 1 aromatic heterocycles. The second kappa shape index (κ2) is 7.25. The maximum atomic E-state index is 12.1. The molecule has 2 rings (SSSR count). The molecule has 1 N–H and O–H groups in total. The topological polar surface area (TPSA) is 46.9 Å². The Labute approximate surface area is 132 Å². The lowest BCUT2D eigenvalue weighted by Gasteiger charge is -2.12. The molecule has 0 aliphatic carbocycles. The van der Waals surface area contributed by atoms with Crippen molar-refractivity contribution in [1.82, 2.24) is 15.1 Å². The van der Waals surface area contributed by atoms with Crippen molar-refractivity contribution < 1.29 is 4.79 Å². The second-order valence-corrected chi connectivity index (χ2v) is 5.89. The number of nitrogens with one attached hydrogen (secondary N) is 1. The van der Waals surface area contributed by atoms with Gasteiger partial charge in [0.1, 0.15) is 0 Å². The van der Waals surface area contributed by atoms with Gasteiger partial charge < -0.3 is 5.32 Å². The molecule has 0 aliphatic rings. The van der Waals surface area contributed by atoms with Crippen LogP contribution in [0.3, 0.4) is 0 Å². The Kier molecular flexibility index (Phi) is 5.36. The molecular formula is C18H25N3O. The lowest BCUT2D eigenvalue weighted by molar-refractivity contribution is -0.121. The summed E-state index contributed by atoms with van der Waals surface area (Å²) in [6.45, 7) is 6.83. The Morgan fingerprint density at radius 2 is 1.95 bits per heavy atom. The van der Waals surface area contributed by atoms with Gasteiger partial charge in [-0.05, 0) is 37.3 Å². The third kappa shape index (κ3) is 3.97. The number of carbonyl (C=O) groups excluding carboxylic acids is 1. The number of rotatable bonds is 6. The van der Waals surface area contributed by atoms with Gasteiger partial charge in [0, 0.05) is 25.7 Å². The monoisotopic (exact) mass is 299 g/mol. The van der Waals surface area contributed by atoms with E-state index in [1.165, 1.54) is 16.8 Å². The largest absolute Gasteiger partial charge is 0.356 e. The molecule has 0 aliphatic heterocycles. The van der Waals surface area contributed by atoms with Crippen molar-refractivity contribution >= 4 is 5.91 Å². The first-order chi connectivity index (χ1) is 10.5. The number of hydrogen-bond donors (Lipinski definition) is 1. The number of nitrogens with zero attached hydrogens (tertiary/aromatic N) is 2. The highest BCUT2D eigenvalue weighted by atomic mass is 16.1. The first kappa shape index (κ1) is 16.3. The van der Waals surface area contributed by atoms with E-state index in [2.05, 4.69) is 36.4 Å². The van der Waals surface area contributed by atoms with Crippen molar-refractivity contribution in [2.24, 2.45) is 7.05 Å². The van der Waals surface area contributed by atoms with E-state index in [1.807, 2.05) is 36.9 Å². The molecule has 0 fully saturated rings. The fourth-order valence-electron chi connectivity index (χ4n) is 2.76. The quantitative estimate of drug-likeness (QED) is 0.891. The molecule has 2 aromatic rings. The summed E-state index contributed by atoms with van der Waals surface area (Å²) in [6, 6.07) is 10.2. The minimum absolute atomic E-state index is 0.107. The minimum atomic E-state index is 0.107. The van der Waals surface area contributed by atoms with Gasteiger partial charge in [0.25, 0.3) is 0 Å². The van der Waals surface area contributed by atoms with Crippen molar-refractivity contribution in [2.75, 3.05) is 6.54 Å². The zero-order valence-corrected chi connectivity index (χ0v) is 13.9. The number of hydrogen-bond acceptors (Lipinski definition) is 2. The van der Waals surface area contributed by atoms with Gasteiger partial charge >= 0.3 is 0 Å². The first-order valence-corrected chi connectivity index (χ1v) is 7.79. The van der Waals surface area contributed by atoms with Crippen LogP contribution >= 0.6 is 0 Å². The maximum Gasteiger partial charge on any atom is 0.220 e. The fourth-order valence-corrected chi connectivity index (χ4v) is 2.76. The van der Waals surface area contributed by atoms with Crippen LogP contribution in [-0.2, 0) is 18.3 Å². The molecule has 1 atom stereocenters. The van der Waals surface area contributed by atoms with Crippen LogP contribution in [0, 0.1) is 13.8 Å². The van der Waals surface area contributed by atoms with E-state index in [4.69, 9.17) is 0 Å². The van der Waals surface area contributed by atoms with Crippen LogP contribution in [0.5, 0.6) is 0 Å². The molecule has 118 valence electrons. The highest BCUT2D eigenvalue weighted by Gasteiger charge is 2.12. The van der Waals surface area contributed by atoms with Crippen molar-refractivity contribution in [1.29, 1.82) is 0 Å². The molecule has 1 amide bonds. The molecule has 0 spiro atoms. The molecule has 4 heteroatoms. The summed E-state index contributed by atoms with van der Waals surface area (Å²) >= 11 is 0. The Bertz CT molecular complexity index is 631. The Morgan fingerprint density at radius 3 is 2.55 bits per heavy atom. The van der Waals surface area contributed by atoms with E-state index in [-0.39, 0.29) is 11.8 Å². The van der Waals surface area contributed by atoms with Gasteiger partial charge in [-0.3, -0.25) is 9.48 Å². The van der Waals surface area contributed by atoms with Gasteiger partial charge in [0.15, 0.2) is 0 Å². The van der Waals surface area contributed by atoms with Crippen LogP contribution in [0.1, 0.15) is 41.8 Å². The lowest BCUT2D eigenvalue weighted by atomic mass is 9.97. The zero-order chi connectivity index (χ0) is 16.1. The Morgan fingerprint density at radius 1 is 1.27 bits per heavy atom. The minimum Gasteiger partial charge on any atom is -0.356 e. The van der Waals surface area contributed by atoms with Gasteiger partial charge in [0.2, 0.25) is 5.91 Å². The molecular weight excluding hydrogens is 274 g/mol. The van der Waals surface area contributed by atoms with E-state index in [0.29, 0.717) is 13.0 Å². The summed E-state index contributed by atoms with van der Waals surface area (Å²) in [7, 11) is 1.95. The van der Waals surface area contributed by atoms with Crippen LogP contribution in [0.4, 0.5) is 0 Å². The number of carbonyl (C=O) groups is 1. The van der Waals surface area contributed by atoms with Crippen molar-refractivity contribution in [3.8, 4) is 0 Å². The predicted octanol–water partition coefficient (Wildman–Crippen LogP) is 2.89. The predicted molar refractivity (Wildman–Crippen MR) is 88.9 cm³/mol. The number of amides is 1. The van der Waals surface area contributed by atoms with Crippen LogP contribution in [0.2, 0.25) is 0 Å². The third-order valence-corrected chi connectivity index (χ3v) is 4.22. The smallest absolute Gasteiger partial charge is 0.220 e. The summed E-state index contributed by atoms with van der Waals surface area (Å²) in [4.78, 5) is 12.1. The highest BCUT2D eigenvalue weighted by Crippen LogP contribution is 2.18. The number of aromatic nitrogens is 2. The summed E-state index contributed by atoms with van der Waals surface area (Å²) in [5, 5.41) is 7.42. The molecule has 22 heavy (non-hydrogen) atoms. The number of aryl methyl sites for hydroxylation is 2. The van der Waals surface area contributed by atoms with Crippen molar-refractivity contribution in [3.63, 3.8) is 0 Å². The van der Waals surface area contributed by atoms with Crippen LogP contribution < -0.4 is 5.32 Å². The molecule has 0 radical (unpaired) electrons. The molecule has 0 bridgehead atoms. The van der Waals surface area contributed by atoms with Gasteiger partial charge in [0.05, 0.1) is 5.69 Å². The zero-order valence-electron chi connectivity index (χ0n) is 13.9. The van der Waals surface area contributed by atoms with E-state index in [0.717, 1.165) is 12.1 Å². The first-order valence-electron chi connectivity index (χ1n) is 7.79.